The van der Waals surface area contributed by atoms with Crippen LogP contribution in [0.4, 0.5) is 5.69 Å². The Labute approximate surface area is 146 Å². The molecule has 0 bridgehead atoms. The molecule has 0 heterocycles. The van der Waals surface area contributed by atoms with Gasteiger partial charge in [-0.25, -0.2) is 5.43 Å². The van der Waals surface area contributed by atoms with Crippen LogP contribution in [0.2, 0.25) is 0 Å². The number of nitro benzene ring substituents is 1. The molecule has 0 radical (unpaired) electrons. The average molecular weight is 392 g/mol. The molecule has 0 unspecified atom stereocenters. The first-order valence-corrected chi connectivity index (χ1v) is 7.71. The number of benzene rings is 2. The maximum absolute atomic E-state index is 11.7. The Kier molecular flexibility index (Phi) is 6.02. The monoisotopic (exact) mass is 391 g/mol. The van der Waals surface area contributed by atoms with Crippen LogP contribution in [0.3, 0.4) is 0 Å². The summed E-state index contributed by atoms with van der Waals surface area (Å²) in [5, 5.41) is 14.6. The molecule has 2 aromatic rings. The second-order valence-electron chi connectivity index (χ2n) is 4.81. The maximum atomic E-state index is 11.7. The third kappa shape index (κ3) is 4.88. The maximum Gasteiger partial charge on any atom is 0.278 e. The highest BCUT2D eigenvalue weighted by Gasteiger charge is 2.10. The first-order chi connectivity index (χ1) is 11.5. The van der Waals surface area contributed by atoms with Crippen LogP contribution in [0.25, 0.3) is 0 Å². The second-order valence-corrected chi connectivity index (χ2v) is 5.66. The van der Waals surface area contributed by atoms with Crippen LogP contribution in [0.15, 0.2) is 52.0 Å². The fraction of sp³-hybridized carbons (Fsp3) is 0.125. The largest absolute Gasteiger partial charge is 0.484 e. The molecule has 0 spiro atoms. The highest BCUT2D eigenvalue weighted by molar-refractivity contribution is 9.10. The number of hydrogen-bond donors (Lipinski definition) is 1. The Hall–Kier alpha value is -2.74. The number of aryl methyl sites for hydroxylation is 1. The highest BCUT2D eigenvalue weighted by atomic mass is 79.9. The lowest BCUT2D eigenvalue weighted by atomic mass is 10.2. The van der Waals surface area contributed by atoms with Crippen molar-refractivity contribution in [3.05, 3.63) is 68.2 Å². The summed E-state index contributed by atoms with van der Waals surface area (Å²) in [7, 11) is 0. The van der Waals surface area contributed by atoms with Gasteiger partial charge in [-0.15, -0.1) is 0 Å². The number of carbonyl (C=O) groups excluding carboxylic acids is 1. The first kappa shape index (κ1) is 17.6. The lowest BCUT2D eigenvalue weighted by molar-refractivity contribution is -0.385. The average Bonchev–Trinajstić information content (AvgIpc) is 2.56. The number of hydrazone groups is 1. The van der Waals surface area contributed by atoms with Crippen LogP contribution in [0, 0.1) is 17.0 Å². The normalized spacial score (nSPS) is 10.6. The summed E-state index contributed by atoms with van der Waals surface area (Å²) in [6.07, 6.45) is 1.22. The molecule has 0 atom stereocenters. The highest BCUT2D eigenvalue weighted by Crippen LogP contribution is 2.21. The molecule has 0 aliphatic heterocycles. The van der Waals surface area contributed by atoms with Crippen LogP contribution >= 0.6 is 15.9 Å². The number of carbonyl (C=O) groups is 1. The van der Waals surface area contributed by atoms with E-state index in [2.05, 4.69) is 26.5 Å². The predicted octanol–water partition coefficient (Wildman–Crippen LogP) is 3.19. The second kappa shape index (κ2) is 8.21. The number of rotatable bonds is 6. The summed E-state index contributed by atoms with van der Waals surface area (Å²) >= 11 is 3.38. The SMILES string of the molecule is Cc1cc(OCC(=O)NN=Cc2ccccc2[N+](=O)[O-])ccc1Br. The van der Waals surface area contributed by atoms with E-state index in [0.717, 1.165) is 10.0 Å². The molecule has 7 nitrogen and oxygen atoms in total. The van der Waals surface area contributed by atoms with Crippen molar-refractivity contribution in [3.63, 3.8) is 0 Å². The molecule has 0 aliphatic rings. The number of nitrogens with one attached hydrogen (secondary N) is 1. The van der Waals surface area contributed by atoms with Crippen molar-refractivity contribution in [2.24, 2.45) is 5.10 Å². The van der Waals surface area contributed by atoms with E-state index in [1.807, 2.05) is 13.0 Å². The number of nitrogens with zero attached hydrogens (tertiary/aromatic N) is 2. The van der Waals surface area contributed by atoms with E-state index in [0.29, 0.717) is 11.3 Å². The molecule has 0 saturated heterocycles. The summed E-state index contributed by atoms with van der Waals surface area (Å²) in [6, 6.07) is 11.5. The predicted molar refractivity (Wildman–Crippen MR) is 93.2 cm³/mol. The van der Waals surface area contributed by atoms with Crippen molar-refractivity contribution >= 4 is 33.7 Å². The van der Waals surface area contributed by atoms with Gasteiger partial charge >= 0.3 is 0 Å². The van der Waals surface area contributed by atoms with Gasteiger partial charge in [0.15, 0.2) is 6.61 Å². The Morgan fingerprint density at radius 2 is 2.12 bits per heavy atom. The fourth-order valence-corrected chi connectivity index (χ4v) is 2.07. The minimum Gasteiger partial charge on any atom is -0.484 e. The van der Waals surface area contributed by atoms with Crippen molar-refractivity contribution < 1.29 is 14.5 Å². The van der Waals surface area contributed by atoms with Gasteiger partial charge in [0.25, 0.3) is 11.6 Å². The van der Waals surface area contributed by atoms with Crippen LogP contribution in [0.1, 0.15) is 11.1 Å². The minimum atomic E-state index is -0.512. The standard InChI is InChI=1S/C16H14BrN3O4/c1-11-8-13(6-7-14(11)17)24-10-16(21)19-18-9-12-4-2-3-5-15(12)20(22)23/h2-9H,10H2,1H3,(H,19,21). The van der Waals surface area contributed by atoms with Gasteiger partial charge in [-0.3, -0.25) is 14.9 Å². The van der Waals surface area contributed by atoms with Gasteiger partial charge in [0, 0.05) is 10.5 Å². The zero-order valence-electron chi connectivity index (χ0n) is 12.7. The Morgan fingerprint density at radius 1 is 1.38 bits per heavy atom. The quantitative estimate of drug-likeness (QED) is 0.464. The number of amides is 1. The summed E-state index contributed by atoms with van der Waals surface area (Å²) in [6.45, 7) is 1.70. The summed E-state index contributed by atoms with van der Waals surface area (Å²) in [4.78, 5) is 22.0. The van der Waals surface area contributed by atoms with Gasteiger partial charge in [-0.1, -0.05) is 28.1 Å². The van der Waals surface area contributed by atoms with Crippen LogP contribution in [-0.4, -0.2) is 23.7 Å². The Bertz CT molecular complexity index is 793. The zero-order valence-corrected chi connectivity index (χ0v) is 14.3. The molecule has 0 fully saturated rings. The van der Waals surface area contributed by atoms with Crippen LogP contribution in [0.5, 0.6) is 5.75 Å². The van der Waals surface area contributed by atoms with Gasteiger partial charge in [0.05, 0.1) is 16.7 Å². The lowest BCUT2D eigenvalue weighted by Gasteiger charge is -2.06. The molecule has 2 rings (SSSR count). The van der Waals surface area contributed by atoms with Crippen molar-refractivity contribution in [2.45, 2.75) is 6.92 Å². The summed E-state index contributed by atoms with van der Waals surface area (Å²) < 4.78 is 6.31. The molecule has 0 aliphatic carbocycles. The molecule has 124 valence electrons. The van der Waals surface area contributed by atoms with E-state index in [-0.39, 0.29) is 12.3 Å². The van der Waals surface area contributed by atoms with Gasteiger partial charge in [0.1, 0.15) is 5.75 Å². The molecule has 0 aromatic heterocycles. The summed E-state index contributed by atoms with van der Waals surface area (Å²) in [5.41, 5.74) is 3.47. The summed E-state index contributed by atoms with van der Waals surface area (Å²) in [5.74, 6) is 0.0962. The van der Waals surface area contributed by atoms with E-state index < -0.39 is 10.8 Å². The fourth-order valence-electron chi connectivity index (χ4n) is 1.82. The van der Waals surface area contributed by atoms with Crippen LogP contribution < -0.4 is 10.2 Å². The third-order valence-electron chi connectivity index (χ3n) is 3.03. The van der Waals surface area contributed by atoms with Crippen molar-refractivity contribution in [2.75, 3.05) is 6.61 Å². The molecular formula is C16H14BrN3O4. The zero-order chi connectivity index (χ0) is 17.5. The molecule has 0 saturated carbocycles. The van der Waals surface area contributed by atoms with E-state index >= 15 is 0 Å². The minimum absolute atomic E-state index is 0.0860. The first-order valence-electron chi connectivity index (χ1n) is 6.91. The van der Waals surface area contributed by atoms with Gasteiger partial charge in [-0.05, 0) is 36.8 Å². The molecule has 1 amide bonds. The van der Waals surface area contributed by atoms with Gasteiger partial charge < -0.3 is 4.74 Å². The Morgan fingerprint density at radius 3 is 2.83 bits per heavy atom. The van der Waals surface area contributed by atoms with Gasteiger partial charge in [0.2, 0.25) is 0 Å². The van der Waals surface area contributed by atoms with Crippen molar-refractivity contribution in [3.8, 4) is 5.75 Å². The number of para-hydroxylation sites is 1. The third-order valence-corrected chi connectivity index (χ3v) is 3.92. The van der Waals surface area contributed by atoms with Crippen LogP contribution in [-0.2, 0) is 4.79 Å². The molecule has 1 N–H and O–H groups in total. The Balaban J connectivity index is 1.89. The van der Waals surface area contributed by atoms with E-state index in [9.17, 15) is 14.9 Å². The number of ether oxygens (including phenoxy) is 1. The molecular weight excluding hydrogens is 378 g/mol. The van der Waals surface area contributed by atoms with Crippen molar-refractivity contribution in [1.82, 2.24) is 5.43 Å². The van der Waals surface area contributed by atoms with E-state index in [1.54, 1.807) is 24.3 Å². The molecule has 2 aromatic carbocycles. The topological polar surface area (TPSA) is 93.8 Å². The van der Waals surface area contributed by atoms with Gasteiger partial charge in [-0.2, -0.15) is 5.10 Å². The molecule has 8 heteroatoms. The number of nitro groups is 1. The number of halogens is 1. The number of hydrogen-bond acceptors (Lipinski definition) is 5. The van der Waals surface area contributed by atoms with Crippen molar-refractivity contribution in [1.29, 1.82) is 0 Å². The van der Waals surface area contributed by atoms with E-state index in [4.69, 9.17) is 4.74 Å². The van der Waals surface area contributed by atoms with E-state index in [1.165, 1.54) is 18.3 Å². The lowest BCUT2D eigenvalue weighted by Crippen LogP contribution is -2.24. The smallest absolute Gasteiger partial charge is 0.278 e. The molecule has 24 heavy (non-hydrogen) atoms.